The van der Waals surface area contributed by atoms with Crippen LogP contribution < -0.4 is 5.32 Å². The molecule has 1 aromatic heterocycles. The molecule has 0 spiro atoms. The van der Waals surface area contributed by atoms with E-state index in [2.05, 4.69) is 15.6 Å². The van der Waals surface area contributed by atoms with Crippen LogP contribution in [0.3, 0.4) is 0 Å². The van der Waals surface area contributed by atoms with Crippen LogP contribution in [0.1, 0.15) is 49.6 Å². The summed E-state index contributed by atoms with van der Waals surface area (Å²) in [4.78, 5) is 22.8. The highest BCUT2D eigenvalue weighted by Gasteiger charge is 2.41. The van der Waals surface area contributed by atoms with Crippen LogP contribution in [0.15, 0.2) is 6.20 Å². The summed E-state index contributed by atoms with van der Waals surface area (Å²) >= 11 is 0. The molecule has 1 unspecified atom stereocenters. The molecule has 6 nitrogen and oxygen atoms in total. The van der Waals surface area contributed by atoms with Gasteiger partial charge in [0, 0.05) is 6.54 Å². The lowest BCUT2D eigenvalue weighted by Crippen LogP contribution is -2.32. The maximum atomic E-state index is 12.2. The maximum Gasteiger partial charge on any atom is 0.456 e. The summed E-state index contributed by atoms with van der Waals surface area (Å²) in [6.45, 7) is 3.98. The molecule has 118 valence electrons. The molecule has 0 bridgehead atoms. The molecular weight excluding hydrogens is 289 g/mol. The molecule has 9 heteroatoms. The minimum absolute atomic E-state index is 0.387. The number of alkyl halides is 3. The van der Waals surface area contributed by atoms with E-state index in [1.165, 1.54) is 6.92 Å². The summed E-state index contributed by atoms with van der Waals surface area (Å²) in [5.41, 5.74) is -0.826. The first kappa shape index (κ1) is 17.1. The van der Waals surface area contributed by atoms with Gasteiger partial charge >= 0.3 is 6.18 Å². The van der Waals surface area contributed by atoms with Crippen LogP contribution in [0.2, 0.25) is 0 Å². The molecule has 0 aliphatic carbocycles. The SMILES string of the molecule is CCCCCNC(=O)C(C)n1cc(C(=O)C(F)(F)F)nn1. The predicted octanol–water partition coefficient (Wildman–Crippen LogP) is 1.89. The number of carbonyl (C=O) groups is 2. The fraction of sp³-hybridized carbons (Fsp3) is 0.667. The molecular formula is C12H17F3N4O2. The second-order valence-corrected chi connectivity index (χ2v) is 4.58. The number of amides is 1. The van der Waals surface area contributed by atoms with E-state index in [4.69, 9.17) is 0 Å². The van der Waals surface area contributed by atoms with Crippen molar-refractivity contribution in [1.29, 1.82) is 0 Å². The van der Waals surface area contributed by atoms with Crippen molar-refractivity contribution in [3.05, 3.63) is 11.9 Å². The van der Waals surface area contributed by atoms with Gasteiger partial charge in [-0.1, -0.05) is 25.0 Å². The monoisotopic (exact) mass is 306 g/mol. The average Bonchev–Trinajstić information content (AvgIpc) is 2.90. The quantitative estimate of drug-likeness (QED) is 0.616. The van der Waals surface area contributed by atoms with Crippen molar-refractivity contribution < 1.29 is 22.8 Å². The number of carbonyl (C=O) groups excluding carboxylic acids is 2. The van der Waals surface area contributed by atoms with Gasteiger partial charge in [0.25, 0.3) is 5.78 Å². The van der Waals surface area contributed by atoms with Gasteiger partial charge in [-0.25, -0.2) is 4.68 Å². The fourth-order valence-electron chi connectivity index (χ4n) is 1.57. The van der Waals surface area contributed by atoms with Crippen LogP contribution in [0.25, 0.3) is 0 Å². The molecule has 0 aliphatic heterocycles. The molecule has 1 aromatic rings. The number of ketones is 1. The summed E-state index contributed by atoms with van der Waals surface area (Å²) in [6, 6.07) is -0.839. The van der Waals surface area contributed by atoms with Crippen LogP contribution in [-0.2, 0) is 4.79 Å². The van der Waals surface area contributed by atoms with E-state index in [1.54, 1.807) is 0 Å². The number of aromatic nitrogens is 3. The zero-order chi connectivity index (χ0) is 16.0. The number of unbranched alkanes of at least 4 members (excludes halogenated alkanes) is 2. The average molecular weight is 306 g/mol. The Morgan fingerprint density at radius 2 is 2.05 bits per heavy atom. The Bertz CT molecular complexity index is 499. The summed E-state index contributed by atoms with van der Waals surface area (Å²) in [7, 11) is 0. The lowest BCUT2D eigenvalue weighted by Gasteiger charge is -2.11. The van der Waals surface area contributed by atoms with Gasteiger partial charge in [0.1, 0.15) is 6.04 Å². The van der Waals surface area contributed by atoms with Gasteiger partial charge in [-0.15, -0.1) is 5.10 Å². The summed E-state index contributed by atoms with van der Waals surface area (Å²) in [5.74, 6) is -2.47. The molecule has 0 radical (unpaired) electrons. The normalized spacial score (nSPS) is 13.0. The molecule has 1 N–H and O–H groups in total. The Kier molecular flexibility index (Phi) is 5.86. The Balaban J connectivity index is 2.63. The van der Waals surface area contributed by atoms with Gasteiger partial charge in [-0.2, -0.15) is 13.2 Å². The molecule has 0 fully saturated rings. The van der Waals surface area contributed by atoms with Gasteiger partial charge < -0.3 is 5.32 Å². The van der Waals surface area contributed by atoms with Crippen molar-refractivity contribution in [3.8, 4) is 0 Å². The third kappa shape index (κ3) is 4.83. The largest absolute Gasteiger partial charge is 0.456 e. The molecule has 0 saturated carbocycles. The van der Waals surface area contributed by atoms with Crippen molar-refractivity contribution in [3.63, 3.8) is 0 Å². The van der Waals surface area contributed by atoms with Crippen LogP contribution in [0.5, 0.6) is 0 Å². The van der Waals surface area contributed by atoms with Crippen molar-refractivity contribution >= 4 is 11.7 Å². The molecule has 0 saturated heterocycles. The standard InChI is InChI=1S/C12H17F3N4O2/c1-3-4-5-6-16-11(21)8(2)19-7-9(17-18-19)10(20)12(13,14)15/h7-8H,3-6H2,1-2H3,(H,16,21). The molecule has 1 heterocycles. The number of hydrogen-bond acceptors (Lipinski definition) is 4. The number of halogens is 3. The number of nitrogens with one attached hydrogen (secondary N) is 1. The molecule has 1 atom stereocenters. The van der Waals surface area contributed by atoms with Gasteiger partial charge in [-0.3, -0.25) is 9.59 Å². The molecule has 0 aromatic carbocycles. The lowest BCUT2D eigenvalue weighted by atomic mass is 10.2. The van der Waals surface area contributed by atoms with Crippen molar-refractivity contribution in [2.24, 2.45) is 0 Å². The second kappa shape index (κ2) is 7.19. The zero-order valence-electron chi connectivity index (χ0n) is 11.8. The Hall–Kier alpha value is -1.93. The number of Topliss-reactive ketones (excluding diaryl/α,β-unsaturated/α-hetero) is 1. The van der Waals surface area contributed by atoms with Gasteiger partial charge in [0.15, 0.2) is 5.69 Å². The van der Waals surface area contributed by atoms with E-state index in [0.717, 1.165) is 30.1 Å². The van der Waals surface area contributed by atoms with E-state index in [0.29, 0.717) is 6.54 Å². The lowest BCUT2D eigenvalue weighted by molar-refractivity contribution is -0.124. The number of rotatable bonds is 7. The first-order chi connectivity index (χ1) is 9.77. The number of hydrogen-bond donors (Lipinski definition) is 1. The van der Waals surface area contributed by atoms with Crippen molar-refractivity contribution in [1.82, 2.24) is 20.3 Å². The first-order valence-corrected chi connectivity index (χ1v) is 6.58. The van der Waals surface area contributed by atoms with Crippen LogP contribution >= 0.6 is 0 Å². The minimum atomic E-state index is -5.01. The Morgan fingerprint density at radius 1 is 1.38 bits per heavy atom. The van der Waals surface area contributed by atoms with E-state index >= 15 is 0 Å². The van der Waals surface area contributed by atoms with E-state index in [-0.39, 0.29) is 5.91 Å². The van der Waals surface area contributed by atoms with Crippen molar-refractivity contribution in [2.75, 3.05) is 6.54 Å². The van der Waals surface area contributed by atoms with Crippen LogP contribution in [0.4, 0.5) is 13.2 Å². The van der Waals surface area contributed by atoms with Gasteiger partial charge in [-0.05, 0) is 13.3 Å². The summed E-state index contributed by atoms with van der Waals surface area (Å²) < 4.78 is 37.6. The smallest absolute Gasteiger partial charge is 0.354 e. The van der Waals surface area contributed by atoms with Gasteiger partial charge in [0.2, 0.25) is 5.91 Å². The predicted molar refractivity (Wildman–Crippen MR) is 67.7 cm³/mol. The summed E-state index contributed by atoms with van der Waals surface area (Å²) in [6.07, 6.45) is -1.37. The van der Waals surface area contributed by atoms with E-state index in [1.807, 2.05) is 6.92 Å². The third-order valence-electron chi connectivity index (χ3n) is 2.86. The van der Waals surface area contributed by atoms with E-state index in [9.17, 15) is 22.8 Å². The molecule has 21 heavy (non-hydrogen) atoms. The minimum Gasteiger partial charge on any atom is -0.354 e. The molecule has 0 aliphatic rings. The van der Waals surface area contributed by atoms with Crippen LogP contribution in [0, 0.1) is 0 Å². The van der Waals surface area contributed by atoms with Crippen LogP contribution in [-0.4, -0.2) is 39.4 Å². The fourth-order valence-corrected chi connectivity index (χ4v) is 1.57. The highest BCUT2D eigenvalue weighted by Crippen LogP contribution is 2.20. The highest BCUT2D eigenvalue weighted by molar-refractivity contribution is 5.98. The Labute approximate surface area is 119 Å². The molecule has 1 amide bonds. The van der Waals surface area contributed by atoms with Gasteiger partial charge in [0.05, 0.1) is 6.20 Å². The first-order valence-electron chi connectivity index (χ1n) is 6.58. The molecule has 1 rings (SSSR count). The number of nitrogens with zero attached hydrogens (tertiary/aromatic N) is 3. The Morgan fingerprint density at radius 3 is 2.62 bits per heavy atom. The second-order valence-electron chi connectivity index (χ2n) is 4.58. The maximum absolute atomic E-state index is 12.2. The highest BCUT2D eigenvalue weighted by atomic mass is 19.4. The third-order valence-corrected chi connectivity index (χ3v) is 2.86. The van der Waals surface area contributed by atoms with Crippen molar-refractivity contribution in [2.45, 2.75) is 45.3 Å². The zero-order valence-corrected chi connectivity index (χ0v) is 11.8. The topological polar surface area (TPSA) is 76.9 Å². The van der Waals surface area contributed by atoms with E-state index < -0.39 is 23.7 Å². The summed E-state index contributed by atoms with van der Waals surface area (Å²) in [5, 5.41) is 9.21.